The van der Waals surface area contributed by atoms with Gasteiger partial charge in [-0.1, -0.05) is 37.3 Å². The number of carbonyl (C=O) groups excluding carboxylic acids is 1. The molecule has 1 aromatic carbocycles. The molecule has 2 unspecified atom stereocenters. The number of nitrogens with one attached hydrogen (secondary N) is 1. The van der Waals surface area contributed by atoms with Gasteiger partial charge in [-0.2, -0.15) is 0 Å². The maximum atomic E-state index is 11.9. The average molecular weight is 217 g/mol. The third kappa shape index (κ3) is 2.70. The van der Waals surface area contributed by atoms with E-state index >= 15 is 0 Å². The van der Waals surface area contributed by atoms with E-state index in [9.17, 15) is 4.79 Å². The summed E-state index contributed by atoms with van der Waals surface area (Å²) in [6, 6.07) is 10.7. The third-order valence-electron chi connectivity index (χ3n) is 3.37. The minimum atomic E-state index is 0.171. The van der Waals surface area contributed by atoms with E-state index in [4.69, 9.17) is 0 Å². The maximum Gasteiger partial charge on any atom is 0.139 e. The van der Waals surface area contributed by atoms with Crippen LogP contribution in [0.1, 0.15) is 25.3 Å². The average Bonchev–Trinajstić information content (AvgIpc) is 2.33. The Hall–Kier alpha value is -1.15. The summed E-state index contributed by atoms with van der Waals surface area (Å²) in [5.74, 6) is 0.597. The number of ketones is 1. The molecule has 0 saturated carbocycles. The van der Waals surface area contributed by atoms with E-state index in [1.165, 1.54) is 5.56 Å². The minimum absolute atomic E-state index is 0.171. The Balaban J connectivity index is 1.94. The lowest BCUT2D eigenvalue weighted by molar-refractivity contribution is -0.124. The normalized spacial score (nSPS) is 25.7. The summed E-state index contributed by atoms with van der Waals surface area (Å²) in [7, 11) is 0. The van der Waals surface area contributed by atoms with Crippen molar-refractivity contribution in [2.75, 3.05) is 6.54 Å². The van der Waals surface area contributed by atoms with Gasteiger partial charge in [-0.05, 0) is 18.4 Å². The number of Topliss-reactive ketones (excluding diaryl/α,β-unsaturated/α-hetero) is 1. The molecule has 2 heteroatoms. The first kappa shape index (κ1) is 11.3. The van der Waals surface area contributed by atoms with Crippen LogP contribution in [-0.2, 0) is 11.2 Å². The third-order valence-corrected chi connectivity index (χ3v) is 3.37. The molecular weight excluding hydrogens is 198 g/mol. The van der Waals surface area contributed by atoms with Crippen molar-refractivity contribution in [1.29, 1.82) is 0 Å². The predicted molar refractivity (Wildman–Crippen MR) is 65.3 cm³/mol. The number of carbonyl (C=O) groups is 1. The van der Waals surface area contributed by atoms with Gasteiger partial charge in [0.25, 0.3) is 0 Å². The van der Waals surface area contributed by atoms with Crippen LogP contribution >= 0.6 is 0 Å². The largest absolute Gasteiger partial charge is 0.313 e. The van der Waals surface area contributed by atoms with Crippen LogP contribution in [0.15, 0.2) is 30.3 Å². The van der Waals surface area contributed by atoms with Crippen LogP contribution in [0, 0.1) is 5.92 Å². The number of rotatable bonds is 3. The quantitative estimate of drug-likeness (QED) is 0.841. The standard InChI is InChI=1S/C14H19NO/c1-2-13-9-14(16)12(10-15-13)8-11-6-4-3-5-7-11/h3-7,12-13,15H,2,8-10H2,1H3. The minimum Gasteiger partial charge on any atom is -0.313 e. The van der Waals surface area contributed by atoms with Crippen LogP contribution in [0.25, 0.3) is 0 Å². The van der Waals surface area contributed by atoms with Crippen molar-refractivity contribution >= 4 is 5.78 Å². The van der Waals surface area contributed by atoms with Gasteiger partial charge in [0.1, 0.15) is 5.78 Å². The highest BCUT2D eigenvalue weighted by atomic mass is 16.1. The summed E-state index contributed by atoms with van der Waals surface area (Å²) in [4.78, 5) is 11.9. The first-order chi connectivity index (χ1) is 7.79. The van der Waals surface area contributed by atoms with Crippen molar-refractivity contribution in [2.24, 2.45) is 5.92 Å². The summed E-state index contributed by atoms with van der Waals surface area (Å²) in [6.45, 7) is 2.97. The van der Waals surface area contributed by atoms with E-state index in [0.29, 0.717) is 18.2 Å². The van der Waals surface area contributed by atoms with Gasteiger partial charge < -0.3 is 5.32 Å². The molecule has 0 aromatic heterocycles. The monoisotopic (exact) mass is 217 g/mol. The van der Waals surface area contributed by atoms with Crippen LogP contribution < -0.4 is 5.32 Å². The van der Waals surface area contributed by atoms with Crippen molar-refractivity contribution in [2.45, 2.75) is 32.2 Å². The van der Waals surface area contributed by atoms with Crippen molar-refractivity contribution in [3.63, 3.8) is 0 Å². The molecule has 0 aliphatic carbocycles. The Morgan fingerprint density at radius 1 is 1.31 bits per heavy atom. The first-order valence-corrected chi connectivity index (χ1v) is 6.09. The van der Waals surface area contributed by atoms with Crippen molar-refractivity contribution < 1.29 is 4.79 Å². The van der Waals surface area contributed by atoms with Gasteiger partial charge in [0, 0.05) is 24.9 Å². The summed E-state index contributed by atoms with van der Waals surface area (Å²) in [5.41, 5.74) is 1.26. The second-order valence-corrected chi connectivity index (χ2v) is 4.57. The maximum absolute atomic E-state index is 11.9. The van der Waals surface area contributed by atoms with Crippen molar-refractivity contribution in [3.05, 3.63) is 35.9 Å². The second kappa shape index (κ2) is 5.26. The van der Waals surface area contributed by atoms with E-state index in [-0.39, 0.29) is 5.92 Å². The van der Waals surface area contributed by atoms with Gasteiger partial charge in [-0.25, -0.2) is 0 Å². The molecule has 2 nitrogen and oxygen atoms in total. The number of hydrogen-bond donors (Lipinski definition) is 1. The SMILES string of the molecule is CCC1CC(=O)C(Cc2ccccc2)CN1. The van der Waals surface area contributed by atoms with E-state index < -0.39 is 0 Å². The fourth-order valence-corrected chi connectivity index (χ4v) is 2.28. The smallest absolute Gasteiger partial charge is 0.139 e. The molecule has 0 bridgehead atoms. The summed E-state index contributed by atoms with van der Waals surface area (Å²) < 4.78 is 0. The Labute approximate surface area is 97.1 Å². The fraction of sp³-hybridized carbons (Fsp3) is 0.500. The Morgan fingerprint density at radius 2 is 2.06 bits per heavy atom. The number of benzene rings is 1. The molecule has 16 heavy (non-hydrogen) atoms. The Bertz CT molecular complexity index is 347. The van der Waals surface area contributed by atoms with Crippen LogP contribution in [0.3, 0.4) is 0 Å². The zero-order chi connectivity index (χ0) is 11.4. The summed E-state index contributed by atoms with van der Waals surface area (Å²) in [6.07, 6.45) is 2.63. The summed E-state index contributed by atoms with van der Waals surface area (Å²) in [5, 5.41) is 3.45. The molecule has 0 amide bonds. The molecule has 0 spiro atoms. The van der Waals surface area contributed by atoms with Gasteiger partial charge in [0.05, 0.1) is 0 Å². The lowest BCUT2D eigenvalue weighted by Crippen LogP contribution is -2.44. The van der Waals surface area contributed by atoms with E-state index in [1.54, 1.807) is 0 Å². The van der Waals surface area contributed by atoms with Gasteiger partial charge in [0.2, 0.25) is 0 Å². The number of hydrogen-bond acceptors (Lipinski definition) is 2. The molecule has 1 saturated heterocycles. The van der Waals surface area contributed by atoms with Gasteiger partial charge in [-0.3, -0.25) is 4.79 Å². The zero-order valence-corrected chi connectivity index (χ0v) is 9.78. The fourth-order valence-electron chi connectivity index (χ4n) is 2.28. The van der Waals surface area contributed by atoms with E-state index in [1.807, 2.05) is 18.2 Å². The second-order valence-electron chi connectivity index (χ2n) is 4.57. The van der Waals surface area contributed by atoms with Crippen LogP contribution in [0.2, 0.25) is 0 Å². The van der Waals surface area contributed by atoms with E-state index in [2.05, 4.69) is 24.4 Å². The number of piperidine rings is 1. The van der Waals surface area contributed by atoms with Gasteiger partial charge in [-0.15, -0.1) is 0 Å². The highest BCUT2D eigenvalue weighted by molar-refractivity contribution is 5.82. The van der Waals surface area contributed by atoms with Crippen molar-refractivity contribution in [1.82, 2.24) is 5.32 Å². The molecule has 1 fully saturated rings. The highest BCUT2D eigenvalue weighted by Crippen LogP contribution is 2.17. The van der Waals surface area contributed by atoms with Crippen molar-refractivity contribution in [3.8, 4) is 0 Å². The van der Waals surface area contributed by atoms with Gasteiger partial charge >= 0.3 is 0 Å². The molecular formula is C14H19NO. The lowest BCUT2D eigenvalue weighted by Gasteiger charge is -2.28. The molecule has 1 aromatic rings. The molecule has 1 aliphatic rings. The molecule has 0 radical (unpaired) electrons. The molecule has 1 heterocycles. The van der Waals surface area contributed by atoms with Crippen LogP contribution in [-0.4, -0.2) is 18.4 Å². The zero-order valence-electron chi connectivity index (χ0n) is 9.78. The Kier molecular flexibility index (Phi) is 3.73. The lowest BCUT2D eigenvalue weighted by atomic mass is 9.87. The highest BCUT2D eigenvalue weighted by Gasteiger charge is 2.26. The van der Waals surface area contributed by atoms with E-state index in [0.717, 1.165) is 19.4 Å². The summed E-state index contributed by atoms with van der Waals surface area (Å²) >= 11 is 0. The Morgan fingerprint density at radius 3 is 2.69 bits per heavy atom. The molecule has 2 atom stereocenters. The topological polar surface area (TPSA) is 29.1 Å². The van der Waals surface area contributed by atoms with Gasteiger partial charge in [0.15, 0.2) is 0 Å². The molecule has 1 N–H and O–H groups in total. The molecule has 2 rings (SSSR count). The predicted octanol–water partition coefficient (Wildman–Crippen LogP) is 2.19. The molecule has 1 aliphatic heterocycles. The van der Waals surface area contributed by atoms with Crippen LogP contribution in [0.5, 0.6) is 0 Å². The first-order valence-electron chi connectivity index (χ1n) is 6.09. The van der Waals surface area contributed by atoms with Crippen LogP contribution in [0.4, 0.5) is 0 Å². The molecule has 86 valence electrons.